The van der Waals surface area contributed by atoms with E-state index >= 15 is 0 Å². The number of rotatable bonds is 3. The molecule has 2 heterocycles. The number of nitrogens with zero attached hydrogens (tertiary/aromatic N) is 4. The molecule has 1 saturated heterocycles. The number of halogens is 2. The van der Waals surface area contributed by atoms with E-state index in [4.69, 9.17) is 16.3 Å². The lowest BCUT2D eigenvalue weighted by molar-refractivity contribution is 0.439. The third-order valence-corrected chi connectivity index (χ3v) is 3.69. The van der Waals surface area contributed by atoms with Gasteiger partial charge in [0.05, 0.1) is 0 Å². The Morgan fingerprint density at radius 3 is 2.45 bits per heavy atom. The van der Waals surface area contributed by atoms with Gasteiger partial charge in [-0.25, -0.2) is 0 Å². The fraction of sp³-hybridized carbons (Fsp3) is 0.308. The van der Waals surface area contributed by atoms with E-state index in [-0.39, 0.29) is 11.3 Å². The minimum absolute atomic E-state index is 0.147. The van der Waals surface area contributed by atoms with Crippen LogP contribution in [0.1, 0.15) is 12.8 Å². The van der Waals surface area contributed by atoms with Crippen molar-refractivity contribution >= 4 is 33.5 Å². The average molecular weight is 356 g/mol. The number of benzene rings is 1. The second-order valence-electron chi connectivity index (χ2n) is 4.44. The predicted octanol–water partition coefficient (Wildman–Crippen LogP) is 3.68. The second-order valence-corrected chi connectivity index (χ2v) is 5.69. The topological polar surface area (TPSA) is 51.1 Å². The molecule has 2 aromatic rings. The Hall–Kier alpha value is -1.40. The maximum atomic E-state index is 5.94. The lowest BCUT2D eigenvalue weighted by Gasteiger charge is -2.15. The van der Waals surface area contributed by atoms with Gasteiger partial charge in [0.1, 0.15) is 5.75 Å². The molecule has 1 aromatic heterocycles. The summed E-state index contributed by atoms with van der Waals surface area (Å²) in [7, 11) is 0. The Morgan fingerprint density at radius 1 is 1.05 bits per heavy atom. The first-order valence-corrected chi connectivity index (χ1v) is 7.48. The predicted molar refractivity (Wildman–Crippen MR) is 80.5 cm³/mol. The van der Waals surface area contributed by atoms with E-state index in [9.17, 15) is 0 Å². The standard InChI is InChI=1S/C13H12BrClN4O/c14-9-3-5-10(6-4-9)20-13-17-11(15)16-12(18-13)19-7-1-2-8-19/h3-6H,1-2,7-8H2. The number of aromatic nitrogens is 3. The third-order valence-electron chi connectivity index (χ3n) is 2.99. The van der Waals surface area contributed by atoms with Crippen LogP contribution in [-0.2, 0) is 0 Å². The van der Waals surface area contributed by atoms with Crippen molar-refractivity contribution in [3.05, 3.63) is 34.0 Å². The normalized spacial score (nSPS) is 14.6. The highest BCUT2D eigenvalue weighted by molar-refractivity contribution is 9.10. The summed E-state index contributed by atoms with van der Waals surface area (Å²) in [5.74, 6) is 1.23. The van der Waals surface area contributed by atoms with Crippen molar-refractivity contribution in [3.63, 3.8) is 0 Å². The van der Waals surface area contributed by atoms with Gasteiger partial charge in [0.2, 0.25) is 11.2 Å². The van der Waals surface area contributed by atoms with Gasteiger partial charge in [-0.2, -0.15) is 15.0 Å². The Kier molecular flexibility index (Phi) is 4.03. The van der Waals surface area contributed by atoms with Gasteiger partial charge in [-0.3, -0.25) is 0 Å². The van der Waals surface area contributed by atoms with Crippen molar-refractivity contribution in [1.29, 1.82) is 0 Å². The summed E-state index contributed by atoms with van der Waals surface area (Å²) in [6.45, 7) is 1.89. The molecule has 1 aromatic carbocycles. The molecule has 0 atom stereocenters. The van der Waals surface area contributed by atoms with Gasteiger partial charge in [0, 0.05) is 17.6 Å². The van der Waals surface area contributed by atoms with Crippen molar-refractivity contribution < 1.29 is 4.74 Å². The van der Waals surface area contributed by atoms with E-state index in [1.165, 1.54) is 0 Å². The maximum Gasteiger partial charge on any atom is 0.328 e. The zero-order valence-corrected chi connectivity index (χ0v) is 12.9. The first kappa shape index (κ1) is 13.6. The Bertz CT molecular complexity index is 602. The fourth-order valence-electron chi connectivity index (χ4n) is 2.03. The Balaban J connectivity index is 1.83. The summed E-state index contributed by atoms with van der Waals surface area (Å²) in [6.07, 6.45) is 2.29. The minimum Gasteiger partial charge on any atom is -0.424 e. The summed E-state index contributed by atoms with van der Waals surface area (Å²) in [5, 5.41) is 0.147. The van der Waals surface area contributed by atoms with Crippen LogP contribution in [0.3, 0.4) is 0 Å². The molecule has 7 heteroatoms. The van der Waals surface area contributed by atoms with E-state index in [0.29, 0.717) is 11.7 Å². The molecule has 0 saturated carbocycles. The molecule has 1 aliphatic heterocycles. The zero-order chi connectivity index (χ0) is 13.9. The van der Waals surface area contributed by atoms with Crippen LogP contribution in [0.4, 0.5) is 5.95 Å². The molecule has 0 unspecified atom stereocenters. The Morgan fingerprint density at radius 2 is 1.75 bits per heavy atom. The molecule has 0 radical (unpaired) electrons. The molecule has 104 valence electrons. The van der Waals surface area contributed by atoms with Gasteiger partial charge >= 0.3 is 6.01 Å². The van der Waals surface area contributed by atoms with Crippen LogP contribution in [-0.4, -0.2) is 28.0 Å². The van der Waals surface area contributed by atoms with Crippen molar-refractivity contribution in [2.24, 2.45) is 0 Å². The second kappa shape index (κ2) is 5.93. The summed E-state index contributed by atoms with van der Waals surface area (Å²) in [5.41, 5.74) is 0. The first-order valence-electron chi connectivity index (χ1n) is 6.31. The molecular weight excluding hydrogens is 344 g/mol. The third kappa shape index (κ3) is 3.19. The number of hydrogen-bond donors (Lipinski definition) is 0. The number of anilines is 1. The highest BCUT2D eigenvalue weighted by atomic mass is 79.9. The van der Waals surface area contributed by atoms with E-state index in [1.54, 1.807) is 0 Å². The summed E-state index contributed by atoms with van der Waals surface area (Å²) < 4.78 is 6.60. The van der Waals surface area contributed by atoms with Crippen LogP contribution < -0.4 is 9.64 Å². The lowest BCUT2D eigenvalue weighted by atomic mass is 10.3. The van der Waals surface area contributed by atoms with Gasteiger partial charge in [-0.1, -0.05) is 15.9 Å². The smallest absolute Gasteiger partial charge is 0.328 e. The molecule has 0 bridgehead atoms. The molecule has 0 spiro atoms. The highest BCUT2D eigenvalue weighted by Gasteiger charge is 2.17. The van der Waals surface area contributed by atoms with Crippen molar-refractivity contribution in [2.45, 2.75) is 12.8 Å². The molecule has 0 N–H and O–H groups in total. The van der Waals surface area contributed by atoms with Crippen molar-refractivity contribution in [1.82, 2.24) is 15.0 Å². The number of hydrogen-bond acceptors (Lipinski definition) is 5. The molecular formula is C13H12BrClN4O. The van der Waals surface area contributed by atoms with E-state index in [2.05, 4.69) is 35.8 Å². The monoisotopic (exact) mass is 354 g/mol. The molecule has 5 nitrogen and oxygen atoms in total. The quantitative estimate of drug-likeness (QED) is 0.840. The van der Waals surface area contributed by atoms with Crippen LogP contribution in [0.15, 0.2) is 28.7 Å². The van der Waals surface area contributed by atoms with Gasteiger partial charge in [0.15, 0.2) is 0 Å². The zero-order valence-electron chi connectivity index (χ0n) is 10.6. The van der Waals surface area contributed by atoms with E-state index < -0.39 is 0 Å². The number of ether oxygens (including phenoxy) is 1. The van der Waals surface area contributed by atoms with Crippen LogP contribution in [0, 0.1) is 0 Å². The fourth-order valence-corrected chi connectivity index (χ4v) is 2.45. The SMILES string of the molecule is Clc1nc(Oc2ccc(Br)cc2)nc(N2CCCC2)n1. The van der Waals surface area contributed by atoms with Crippen LogP contribution in [0.2, 0.25) is 5.28 Å². The molecule has 0 aliphatic carbocycles. The molecule has 1 aliphatic rings. The van der Waals surface area contributed by atoms with Crippen LogP contribution in [0.25, 0.3) is 0 Å². The molecule has 20 heavy (non-hydrogen) atoms. The molecule has 0 amide bonds. The Labute approximate surface area is 130 Å². The van der Waals surface area contributed by atoms with E-state index in [1.807, 2.05) is 24.3 Å². The first-order chi connectivity index (χ1) is 9.70. The minimum atomic E-state index is 0.147. The summed E-state index contributed by atoms with van der Waals surface area (Å²) in [6, 6.07) is 7.66. The summed E-state index contributed by atoms with van der Waals surface area (Å²) in [4.78, 5) is 14.6. The van der Waals surface area contributed by atoms with Gasteiger partial charge in [0.25, 0.3) is 0 Å². The van der Waals surface area contributed by atoms with Gasteiger partial charge in [-0.15, -0.1) is 0 Å². The largest absolute Gasteiger partial charge is 0.424 e. The van der Waals surface area contributed by atoms with Crippen LogP contribution >= 0.6 is 27.5 Å². The molecule has 1 fully saturated rings. The molecule has 3 rings (SSSR count). The highest BCUT2D eigenvalue weighted by Crippen LogP contribution is 2.24. The van der Waals surface area contributed by atoms with Gasteiger partial charge in [-0.05, 0) is 48.7 Å². The van der Waals surface area contributed by atoms with Crippen molar-refractivity contribution in [2.75, 3.05) is 18.0 Å². The van der Waals surface area contributed by atoms with Gasteiger partial charge < -0.3 is 9.64 Å². The maximum absolute atomic E-state index is 5.94. The van der Waals surface area contributed by atoms with Crippen molar-refractivity contribution in [3.8, 4) is 11.8 Å². The van der Waals surface area contributed by atoms with E-state index in [0.717, 1.165) is 30.4 Å². The summed E-state index contributed by atoms with van der Waals surface area (Å²) >= 11 is 9.32. The average Bonchev–Trinajstić information content (AvgIpc) is 2.95. The van der Waals surface area contributed by atoms with Crippen LogP contribution in [0.5, 0.6) is 11.8 Å². The lowest BCUT2D eigenvalue weighted by Crippen LogP contribution is -2.21.